The van der Waals surface area contributed by atoms with Gasteiger partial charge in [0.15, 0.2) is 0 Å². The largest absolute Gasteiger partial charge is 0.481 e. The van der Waals surface area contributed by atoms with E-state index in [2.05, 4.69) is 12.2 Å². The molecule has 1 heterocycles. The minimum atomic E-state index is -0.765. The molecular formula is C15H28N2O4. The number of piperidine rings is 1. The first-order valence-corrected chi connectivity index (χ1v) is 7.71. The number of carboxylic acids is 1. The van der Waals surface area contributed by atoms with Crippen LogP contribution in [0.25, 0.3) is 0 Å². The van der Waals surface area contributed by atoms with Gasteiger partial charge in [0.2, 0.25) is 0 Å². The zero-order chi connectivity index (χ0) is 15.8. The van der Waals surface area contributed by atoms with E-state index in [-0.39, 0.29) is 18.6 Å². The van der Waals surface area contributed by atoms with Gasteiger partial charge in [-0.2, -0.15) is 0 Å². The van der Waals surface area contributed by atoms with Gasteiger partial charge in [-0.3, -0.25) is 4.79 Å². The Morgan fingerprint density at radius 3 is 2.76 bits per heavy atom. The maximum atomic E-state index is 12.1. The smallest absolute Gasteiger partial charge is 0.317 e. The Kier molecular flexibility index (Phi) is 7.50. The summed E-state index contributed by atoms with van der Waals surface area (Å²) in [6.45, 7) is 6.15. The average molecular weight is 300 g/mol. The molecule has 0 aliphatic carbocycles. The monoisotopic (exact) mass is 300 g/mol. The highest BCUT2D eigenvalue weighted by Crippen LogP contribution is 2.19. The Morgan fingerprint density at radius 1 is 1.43 bits per heavy atom. The van der Waals surface area contributed by atoms with Gasteiger partial charge in [-0.25, -0.2) is 4.79 Å². The number of amides is 2. The van der Waals surface area contributed by atoms with Crippen molar-refractivity contribution in [2.45, 2.75) is 45.6 Å². The first-order chi connectivity index (χ1) is 9.93. The van der Waals surface area contributed by atoms with E-state index in [1.165, 1.54) is 0 Å². The molecule has 6 nitrogen and oxygen atoms in total. The van der Waals surface area contributed by atoms with Gasteiger partial charge in [0.1, 0.15) is 0 Å². The number of hydrogen-bond donors (Lipinski definition) is 2. The first-order valence-electron chi connectivity index (χ1n) is 7.71. The number of urea groups is 1. The lowest BCUT2D eigenvalue weighted by atomic mass is 9.96. The third-order valence-electron chi connectivity index (χ3n) is 4.24. The summed E-state index contributed by atoms with van der Waals surface area (Å²) in [7, 11) is 1.69. The second-order valence-corrected chi connectivity index (χ2v) is 6.04. The molecule has 1 aliphatic rings. The molecule has 0 spiro atoms. The molecular weight excluding hydrogens is 272 g/mol. The summed E-state index contributed by atoms with van der Waals surface area (Å²) in [5, 5.41) is 11.5. The number of aliphatic carboxylic acids is 1. The molecule has 0 aromatic rings. The number of carbonyl (C=O) groups excluding carboxylic acids is 1. The molecule has 21 heavy (non-hydrogen) atoms. The minimum Gasteiger partial charge on any atom is -0.481 e. The lowest BCUT2D eigenvalue weighted by Crippen LogP contribution is -2.50. The van der Waals surface area contributed by atoms with Gasteiger partial charge >= 0.3 is 12.0 Å². The molecule has 6 heteroatoms. The minimum absolute atomic E-state index is 0.0469. The summed E-state index contributed by atoms with van der Waals surface area (Å²) in [6.07, 6.45) is 2.71. The van der Waals surface area contributed by atoms with Crippen molar-refractivity contribution in [3.8, 4) is 0 Å². The van der Waals surface area contributed by atoms with Crippen molar-refractivity contribution < 1.29 is 19.4 Å². The van der Waals surface area contributed by atoms with Crippen molar-refractivity contribution in [3.05, 3.63) is 0 Å². The number of methoxy groups -OCH3 is 1. The van der Waals surface area contributed by atoms with E-state index in [9.17, 15) is 9.59 Å². The Bertz CT molecular complexity index is 349. The van der Waals surface area contributed by atoms with Crippen LogP contribution < -0.4 is 5.32 Å². The highest BCUT2D eigenvalue weighted by atomic mass is 16.5. The number of rotatable bonds is 7. The predicted octanol–water partition coefficient (Wildman–Crippen LogP) is 1.94. The van der Waals surface area contributed by atoms with E-state index in [0.717, 1.165) is 19.4 Å². The molecule has 3 atom stereocenters. The summed E-state index contributed by atoms with van der Waals surface area (Å²) < 4.78 is 5.40. The average Bonchev–Trinajstić information content (AvgIpc) is 2.45. The zero-order valence-electron chi connectivity index (χ0n) is 13.3. The molecule has 2 N–H and O–H groups in total. The molecule has 0 aromatic heterocycles. The number of carbonyl (C=O) groups is 2. The number of nitrogens with one attached hydrogen (secondary N) is 1. The second kappa shape index (κ2) is 8.87. The van der Waals surface area contributed by atoms with Crippen molar-refractivity contribution in [2.24, 2.45) is 11.8 Å². The molecule has 0 bridgehead atoms. The third kappa shape index (κ3) is 6.33. The summed E-state index contributed by atoms with van der Waals surface area (Å²) in [5.74, 6) is 0.0172. The van der Waals surface area contributed by atoms with Crippen LogP contribution in [0.5, 0.6) is 0 Å². The van der Waals surface area contributed by atoms with Crippen molar-refractivity contribution in [3.63, 3.8) is 0 Å². The van der Waals surface area contributed by atoms with Crippen LogP contribution in [0.1, 0.15) is 39.5 Å². The van der Waals surface area contributed by atoms with Crippen molar-refractivity contribution in [1.82, 2.24) is 10.2 Å². The molecule has 1 aliphatic heterocycles. The van der Waals surface area contributed by atoms with Gasteiger partial charge in [-0.1, -0.05) is 13.8 Å². The maximum absolute atomic E-state index is 12.1. The Labute approximate surface area is 126 Å². The highest BCUT2D eigenvalue weighted by molar-refractivity contribution is 5.74. The van der Waals surface area contributed by atoms with E-state index < -0.39 is 5.97 Å². The number of carboxylic acid groups (broad SMARTS) is 1. The van der Waals surface area contributed by atoms with Crippen LogP contribution in [0.2, 0.25) is 0 Å². The summed E-state index contributed by atoms with van der Waals surface area (Å²) in [6, 6.07) is -0.0469. The molecule has 2 amide bonds. The Hall–Kier alpha value is -1.30. The Morgan fingerprint density at radius 2 is 2.14 bits per heavy atom. The number of hydrogen-bond acceptors (Lipinski definition) is 3. The van der Waals surface area contributed by atoms with E-state index in [0.29, 0.717) is 31.3 Å². The molecule has 1 saturated heterocycles. The molecule has 0 radical (unpaired) electrons. The third-order valence-corrected chi connectivity index (χ3v) is 4.24. The van der Waals surface area contributed by atoms with Gasteiger partial charge in [-0.15, -0.1) is 0 Å². The van der Waals surface area contributed by atoms with Gasteiger partial charge in [-0.05, 0) is 31.1 Å². The molecule has 3 unspecified atom stereocenters. The highest BCUT2D eigenvalue weighted by Gasteiger charge is 2.28. The van der Waals surface area contributed by atoms with Crippen molar-refractivity contribution in [1.29, 1.82) is 0 Å². The van der Waals surface area contributed by atoms with E-state index in [4.69, 9.17) is 9.84 Å². The summed E-state index contributed by atoms with van der Waals surface area (Å²) in [5.41, 5.74) is 0. The number of ether oxygens (including phenoxy) is 1. The zero-order valence-corrected chi connectivity index (χ0v) is 13.3. The number of nitrogens with zero attached hydrogens (tertiary/aromatic N) is 1. The molecule has 1 rings (SSSR count). The van der Waals surface area contributed by atoms with E-state index in [1.54, 1.807) is 12.0 Å². The lowest BCUT2D eigenvalue weighted by Gasteiger charge is -2.36. The molecule has 1 fully saturated rings. The number of likely N-dealkylation sites (tertiary alicyclic amines) is 1. The standard InChI is InChI=1S/C15H28N2O4/c1-11(4-5-14(18)19)6-8-16-15(20)17-9-7-12(2)13(10-17)21-3/h11-13H,4-10H2,1-3H3,(H,16,20)(H,18,19). The van der Waals surface area contributed by atoms with Gasteiger partial charge in [0.25, 0.3) is 0 Å². The van der Waals surface area contributed by atoms with Crippen LogP contribution in [0.3, 0.4) is 0 Å². The van der Waals surface area contributed by atoms with E-state index >= 15 is 0 Å². The molecule has 0 aromatic carbocycles. The van der Waals surface area contributed by atoms with Crippen LogP contribution in [0.15, 0.2) is 0 Å². The van der Waals surface area contributed by atoms with Crippen LogP contribution in [0.4, 0.5) is 4.79 Å². The normalized spacial score (nSPS) is 23.7. The fraction of sp³-hybridized carbons (Fsp3) is 0.867. The maximum Gasteiger partial charge on any atom is 0.317 e. The quantitative estimate of drug-likeness (QED) is 0.753. The second-order valence-electron chi connectivity index (χ2n) is 6.04. The Balaban J connectivity index is 2.23. The molecule has 0 saturated carbocycles. The van der Waals surface area contributed by atoms with Gasteiger partial charge in [0, 0.05) is 33.2 Å². The van der Waals surface area contributed by atoms with Crippen LogP contribution in [0, 0.1) is 11.8 Å². The first kappa shape index (κ1) is 17.8. The predicted molar refractivity (Wildman–Crippen MR) is 80.2 cm³/mol. The van der Waals surface area contributed by atoms with Gasteiger partial charge < -0.3 is 20.1 Å². The lowest BCUT2D eigenvalue weighted by molar-refractivity contribution is -0.137. The SMILES string of the molecule is COC1CN(C(=O)NCCC(C)CCC(=O)O)CCC1C. The van der Waals surface area contributed by atoms with Crippen molar-refractivity contribution >= 4 is 12.0 Å². The van der Waals surface area contributed by atoms with E-state index in [1.807, 2.05) is 6.92 Å². The van der Waals surface area contributed by atoms with Crippen molar-refractivity contribution in [2.75, 3.05) is 26.7 Å². The fourth-order valence-electron chi connectivity index (χ4n) is 2.58. The van der Waals surface area contributed by atoms with Crippen LogP contribution >= 0.6 is 0 Å². The summed E-state index contributed by atoms with van der Waals surface area (Å²) >= 11 is 0. The van der Waals surface area contributed by atoms with Gasteiger partial charge in [0.05, 0.1) is 6.10 Å². The molecule has 122 valence electrons. The topological polar surface area (TPSA) is 78.9 Å². The van der Waals surface area contributed by atoms with Crippen LogP contribution in [-0.2, 0) is 9.53 Å². The fourth-order valence-corrected chi connectivity index (χ4v) is 2.58. The summed E-state index contributed by atoms with van der Waals surface area (Å²) in [4.78, 5) is 24.4. The van der Waals surface area contributed by atoms with Crippen LogP contribution in [-0.4, -0.2) is 54.9 Å².